The predicted octanol–water partition coefficient (Wildman–Crippen LogP) is 1.97. The van der Waals surface area contributed by atoms with E-state index in [0.717, 1.165) is 0 Å². The van der Waals surface area contributed by atoms with Gasteiger partial charge in [-0.15, -0.1) is 0 Å². The van der Waals surface area contributed by atoms with Crippen LogP contribution in [0.1, 0.15) is 6.92 Å². The van der Waals surface area contributed by atoms with Crippen LogP contribution in [0.25, 0.3) is 0 Å². The Hall–Kier alpha value is -1.07. The van der Waals surface area contributed by atoms with Gasteiger partial charge in [-0.1, -0.05) is 0 Å². The lowest BCUT2D eigenvalue weighted by atomic mass is 10.4. The fourth-order valence-electron chi connectivity index (χ4n) is 0.369. The van der Waals surface area contributed by atoms with Crippen molar-refractivity contribution in [2.75, 3.05) is 6.61 Å². The average Bonchev–Trinajstić information content (AvgIpc) is 1.85. The Morgan fingerprint density at radius 3 is 2.33 bits per heavy atom. The zero-order valence-electron chi connectivity index (χ0n) is 6.11. The van der Waals surface area contributed by atoms with E-state index in [4.69, 9.17) is 0 Å². The summed E-state index contributed by atoms with van der Waals surface area (Å²) in [5.74, 6) is -3.80. The van der Waals surface area contributed by atoms with E-state index < -0.39 is 18.0 Å². The standard InChI is InChI=1S/C6H6F4O2/c1-2-12-5(11)3-4(7)6(8,9)10/h3H,2H2,1H3/b4-3+. The summed E-state index contributed by atoms with van der Waals surface area (Å²) in [6, 6.07) is 0. The van der Waals surface area contributed by atoms with Crippen LogP contribution in [0.3, 0.4) is 0 Å². The Morgan fingerprint density at radius 2 is 2.00 bits per heavy atom. The van der Waals surface area contributed by atoms with E-state index in [1.165, 1.54) is 6.92 Å². The first-order valence-corrected chi connectivity index (χ1v) is 2.99. The topological polar surface area (TPSA) is 26.3 Å². The number of ether oxygens (including phenoxy) is 1. The van der Waals surface area contributed by atoms with Crippen molar-refractivity contribution >= 4 is 5.97 Å². The lowest BCUT2D eigenvalue weighted by Gasteiger charge is -2.01. The molecule has 0 aliphatic rings. The highest BCUT2D eigenvalue weighted by atomic mass is 19.4. The third-order valence-electron chi connectivity index (χ3n) is 0.802. The molecule has 2 nitrogen and oxygen atoms in total. The summed E-state index contributed by atoms with van der Waals surface area (Å²) >= 11 is 0. The molecule has 0 atom stereocenters. The summed E-state index contributed by atoms with van der Waals surface area (Å²) in [6.45, 7) is 1.30. The molecule has 70 valence electrons. The smallest absolute Gasteiger partial charge is 0.443 e. The van der Waals surface area contributed by atoms with Crippen LogP contribution in [0.15, 0.2) is 11.9 Å². The second-order valence-electron chi connectivity index (χ2n) is 1.74. The van der Waals surface area contributed by atoms with Crippen molar-refractivity contribution in [1.29, 1.82) is 0 Å². The van der Waals surface area contributed by atoms with Gasteiger partial charge in [-0.2, -0.15) is 13.2 Å². The summed E-state index contributed by atoms with van der Waals surface area (Å²) < 4.78 is 50.2. The van der Waals surface area contributed by atoms with Crippen LogP contribution in [0.2, 0.25) is 0 Å². The molecule has 0 bridgehead atoms. The summed E-state index contributed by atoms with van der Waals surface area (Å²) in [7, 11) is 0. The lowest BCUT2D eigenvalue weighted by molar-refractivity contribution is -0.139. The highest BCUT2D eigenvalue weighted by molar-refractivity contribution is 5.82. The number of rotatable bonds is 2. The van der Waals surface area contributed by atoms with Gasteiger partial charge in [0.2, 0.25) is 5.83 Å². The van der Waals surface area contributed by atoms with Gasteiger partial charge in [0.25, 0.3) is 0 Å². The van der Waals surface area contributed by atoms with Crippen molar-refractivity contribution in [1.82, 2.24) is 0 Å². The maximum atomic E-state index is 11.9. The molecule has 0 aromatic rings. The van der Waals surface area contributed by atoms with Crippen LogP contribution in [0.4, 0.5) is 17.6 Å². The van der Waals surface area contributed by atoms with E-state index in [2.05, 4.69) is 4.74 Å². The van der Waals surface area contributed by atoms with E-state index in [1.54, 1.807) is 0 Å². The van der Waals surface area contributed by atoms with Crippen LogP contribution >= 0.6 is 0 Å². The van der Waals surface area contributed by atoms with Crippen molar-refractivity contribution in [3.8, 4) is 0 Å². The minimum atomic E-state index is -5.12. The van der Waals surface area contributed by atoms with Crippen molar-refractivity contribution in [3.05, 3.63) is 11.9 Å². The molecule has 0 saturated carbocycles. The lowest BCUT2D eigenvalue weighted by Crippen LogP contribution is -2.11. The highest BCUT2D eigenvalue weighted by Gasteiger charge is 2.35. The van der Waals surface area contributed by atoms with Gasteiger partial charge in [-0.05, 0) is 6.92 Å². The molecule has 6 heteroatoms. The molecule has 0 aliphatic heterocycles. The first-order valence-electron chi connectivity index (χ1n) is 2.99. The normalized spacial score (nSPS) is 12.9. The summed E-state index contributed by atoms with van der Waals surface area (Å²) in [5, 5.41) is 0. The Labute approximate surface area is 65.8 Å². The first-order chi connectivity index (χ1) is 5.38. The van der Waals surface area contributed by atoms with Crippen molar-refractivity contribution < 1.29 is 27.1 Å². The zero-order valence-corrected chi connectivity index (χ0v) is 6.11. The monoisotopic (exact) mass is 186 g/mol. The minimum Gasteiger partial charge on any atom is -0.463 e. The molecular weight excluding hydrogens is 180 g/mol. The molecule has 0 rings (SSSR count). The van der Waals surface area contributed by atoms with E-state index >= 15 is 0 Å². The molecule has 12 heavy (non-hydrogen) atoms. The van der Waals surface area contributed by atoms with Crippen LogP contribution in [0.5, 0.6) is 0 Å². The van der Waals surface area contributed by atoms with Gasteiger partial charge < -0.3 is 4.74 Å². The predicted molar refractivity (Wildman–Crippen MR) is 31.9 cm³/mol. The molecular formula is C6H6F4O2. The van der Waals surface area contributed by atoms with Crippen molar-refractivity contribution in [3.63, 3.8) is 0 Å². The van der Waals surface area contributed by atoms with E-state index in [-0.39, 0.29) is 12.7 Å². The number of esters is 1. The van der Waals surface area contributed by atoms with E-state index in [0.29, 0.717) is 0 Å². The van der Waals surface area contributed by atoms with Crippen LogP contribution < -0.4 is 0 Å². The van der Waals surface area contributed by atoms with Crippen molar-refractivity contribution in [2.24, 2.45) is 0 Å². The Bertz CT molecular complexity index is 194. The molecule has 0 fully saturated rings. The molecule has 0 heterocycles. The van der Waals surface area contributed by atoms with E-state index in [9.17, 15) is 22.4 Å². The Kier molecular flexibility index (Phi) is 3.72. The molecule has 0 N–H and O–H groups in total. The second kappa shape index (κ2) is 4.08. The molecule has 0 radical (unpaired) electrons. The Morgan fingerprint density at radius 1 is 1.50 bits per heavy atom. The SMILES string of the molecule is CCOC(=O)/C=C(/F)C(F)(F)F. The number of alkyl halides is 3. The number of hydrogen-bond acceptors (Lipinski definition) is 2. The molecule has 0 saturated heterocycles. The van der Waals surface area contributed by atoms with Gasteiger partial charge in [-0.3, -0.25) is 0 Å². The number of carbonyl (C=O) groups excluding carboxylic acids is 1. The molecule has 0 aliphatic carbocycles. The third kappa shape index (κ3) is 3.95. The number of hydrogen-bond donors (Lipinski definition) is 0. The summed E-state index contributed by atoms with van der Waals surface area (Å²) in [5.41, 5.74) is 0. The molecule has 0 spiro atoms. The summed E-state index contributed by atoms with van der Waals surface area (Å²) in [6.07, 6.45) is -5.35. The zero-order chi connectivity index (χ0) is 9.78. The van der Waals surface area contributed by atoms with E-state index in [1.807, 2.05) is 0 Å². The van der Waals surface area contributed by atoms with Crippen molar-refractivity contribution in [2.45, 2.75) is 13.1 Å². The van der Waals surface area contributed by atoms with Gasteiger partial charge in [0.05, 0.1) is 12.7 Å². The minimum absolute atomic E-state index is 0.0968. The van der Waals surface area contributed by atoms with Gasteiger partial charge >= 0.3 is 12.1 Å². The maximum absolute atomic E-state index is 11.9. The second-order valence-corrected chi connectivity index (χ2v) is 1.74. The molecule has 0 unspecified atom stereocenters. The fraction of sp³-hybridized carbons (Fsp3) is 0.500. The maximum Gasteiger partial charge on any atom is 0.443 e. The highest BCUT2D eigenvalue weighted by Crippen LogP contribution is 2.26. The fourth-order valence-corrected chi connectivity index (χ4v) is 0.369. The van der Waals surface area contributed by atoms with Gasteiger partial charge in [0.1, 0.15) is 0 Å². The molecule has 0 aromatic carbocycles. The molecule has 0 amide bonds. The first kappa shape index (κ1) is 10.9. The Balaban J connectivity index is 4.26. The van der Waals surface area contributed by atoms with Gasteiger partial charge in [-0.25, -0.2) is 9.18 Å². The number of halogens is 4. The van der Waals surface area contributed by atoms with Crippen LogP contribution in [0, 0.1) is 0 Å². The third-order valence-corrected chi connectivity index (χ3v) is 0.802. The number of allylic oxidation sites excluding steroid dienone is 1. The molecule has 0 aromatic heterocycles. The van der Waals surface area contributed by atoms with Gasteiger partial charge in [0, 0.05) is 0 Å². The quantitative estimate of drug-likeness (QED) is 0.374. The summed E-state index contributed by atoms with van der Waals surface area (Å²) in [4.78, 5) is 10.3. The largest absolute Gasteiger partial charge is 0.463 e. The van der Waals surface area contributed by atoms with Crippen LogP contribution in [-0.2, 0) is 9.53 Å². The van der Waals surface area contributed by atoms with Crippen LogP contribution in [-0.4, -0.2) is 18.8 Å². The van der Waals surface area contributed by atoms with Gasteiger partial charge in [0.15, 0.2) is 0 Å². The average molecular weight is 186 g/mol. The number of carbonyl (C=O) groups is 1.